The molecule has 0 spiro atoms. The first-order valence-corrected chi connectivity index (χ1v) is 6.15. The highest BCUT2D eigenvalue weighted by Crippen LogP contribution is 2.47. The number of hydrogen-bond donors (Lipinski definition) is 0. The van der Waals surface area contributed by atoms with Crippen molar-refractivity contribution in [2.45, 2.75) is 38.5 Å². The molecule has 0 unspecified atom stereocenters. The van der Waals surface area contributed by atoms with E-state index in [1.807, 2.05) is 19.9 Å². The summed E-state index contributed by atoms with van der Waals surface area (Å²) in [6, 6.07) is 1.87. The first-order chi connectivity index (χ1) is 8.37. The Hall–Kier alpha value is -1.23. The lowest BCUT2D eigenvalue weighted by molar-refractivity contribution is -0.0884. The van der Waals surface area contributed by atoms with Crippen LogP contribution in [0.25, 0.3) is 5.65 Å². The standard InChI is InChI=1S/C12H12ClF2N3/c1-6-3-9-16-11(8-4-12(14,15)5-8)17-18(9)10(13)7(6)2/h3,8H,4-5H2,1-2H3. The zero-order valence-electron chi connectivity index (χ0n) is 10.0. The number of pyridine rings is 1. The van der Waals surface area contributed by atoms with Crippen molar-refractivity contribution in [2.24, 2.45) is 0 Å². The second-order valence-electron chi connectivity index (χ2n) is 4.94. The van der Waals surface area contributed by atoms with Crippen molar-refractivity contribution < 1.29 is 8.78 Å². The zero-order valence-corrected chi connectivity index (χ0v) is 10.8. The number of nitrogens with zero attached hydrogens (tertiary/aromatic N) is 3. The van der Waals surface area contributed by atoms with Crippen LogP contribution in [0.2, 0.25) is 5.15 Å². The Morgan fingerprint density at radius 1 is 1.39 bits per heavy atom. The molecule has 2 aromatic rings. The number of alkyl halides is 2. The molecular formula is C12H12ClF2N3. The maximum atomic E-state index is 12.8. The Kier molecular flexibility index (Phi) is 2.39. The molecule has 6 heteroatoms. The molecule has 0 aliphatic heterocycles. The third-order valence-electron chi connectivity index (χ3n) is 3.54. The average Bonchev–Trinajstić information content (AvgIpc) is 2.66. The molecule has 18 heavy (non-hydrogen) atoms. The van der Waals surface area contributed by atoms with Crippen molar-refractivity contribution in [3.63, 3.8) is 0 Å². The van der Waals surface area contributed by atoms with Gasteiger partial charge in [-0.2, -0.15) is 0 Å². The average molecular weight is 272 g/mol. The van der Waals surface area contributed by atoms with Crippen LogP contribution in [0.15, 0.2) is 6.07 Å². The van der Waals surface area contributed by atoms with Crippen molar-refractivity contribution in [1.29, 1.82) is 0 Å². The van der Waals surface area contributed by atoms with Crippen LogP contribution in [0.4, 0.5) is 8.78 Å². The van der Waals surface area contributed by atoms with Crippen LogP contribution in [-0.4, -0.2) is 20.5 Å². The molecule has 0 amide bonds. The van der Waals surface area contributed by atoms with Gasteiger partial charge in [-0.15, -0.1) is 5.10 Å². The van der Waals surface area contributed by atoms with Gasteiger partial charge in [-0.3, -0.25) is 0 Å². The zero-order chi connectivity index (χ0) is 13.1. The number of fused-ring (bicyclic) bond motifs is 1. The summed E-state index contributed by atoms with van der Waals surface area (Å²) in [6.07, 6.45) is -0.334. The first-order valence-electron chi connectivity index (χ1n) is 5.77. The highest BCUT2D eigenvalue weighted by Gasteiger charge is 2.47. The summed E-state index contributed by atoms with van der Waals surface area (Å²) in [5.41, 5.74) is 2.57. The lowest BCUT2D eigenvalue weighted by atomic mass is 9.81. The Morgan fingerprint density at radius 2 is 2.06 bits per heavy atom. The van der Waals surface area contributed by atoms with Crippen molar-refractivity contribution in [2.75, 3.05) is 0 Å². The predicted molar refractivity (Wildman–Crippen MR) is 64.4 cm³/mol. The monoisotopic (exact) mass is 271 g/mol. The molecule has 0 radical (unpaired) electrons. The minimum atomic E-state index is -2.56. The minimum absolute atomic E-state index is 0.167. The van der Waals surface area contributed by atoms with Crippen molar-refractivity contribution in [3.8, 4) is 0 Å². The van der Waals surface area contributed by atoms with E-state index in [9.17, 15) is 8.78 Å². The van der Waals surface area contributed by atoms with E-state index in [4.69, 9.17) is 11.6 Å². The smallest absolute Gasteiger partial charge is 0.212 e. The highest BCUT2D eigenvalue weighted by molar-refractivity contribution is 6.30. The summed E-state index contributed by atoms with van der Waals surface area (Å²) in [6.45, 7) is 3.84. The molecule has 0 saturated heterocycles. The van der Waals surface area contributed by atoms with Crippen LogP contribution in [0.1, 0.15) is 35.7 Å². The summed E-state index contributed by atoms with van der Waals surface area (Å²) in [5.74, 6) is -2.35. The summed E-state index contributed by atoms with van der Waals surface area (Å²) >= 11 is 6.18. The van der Waals surface area contributed by atoms with E-state index < -0.39 is 5.92 Å². The molecule has 96 valence electrons. The Labute approximate surface area is 108 Å². The van der Waals surface area contributed by atoms with Crippen LogP contribution in [0.3, 0.4) is 0 Å². The number of hydrogen-bond acceptors (Lipinski definition) is 2. The molecule has 3 nitrogen and oxygen atoms in total. The van der Waals surface area contributed by atoms with Gasteiger partial charge in [0.25, 0.3) is 0 Å². The molecule has 1 aliphatic rings. The summed E-state index contributed by atoms with van der Waals surface area (Å²) in [5, 5.41) is 4.74. The van der Waals surface area contributed by atoms with Crippen LogP contribution in [0.5, 0.6) is 0 Å². The van der Waals surface area contributed by atoms with Gasteiger partial charge < -0.3 is 0 Å². The molecular weight excluding hydrogens is 260 g/mol. The third-order valence-corrected chi connectivity index (χ3v) is 3.98. The maximum absolute atomic E-state index is 12.8. The molecule has 3 rings (SSSR count). The highest BCUT2D eigenvalue weighted by atomic mass is 35.5. The van der Waals surface area contributed by atoms with Crippen LogP contribution in [-0.2, 0) is 0 Å². The molecule has 1 fully saturated rings. The molecule has 1 aliphatic carbocycles. The Bertz CT molecular complexity index is 628. The largest absolute Gasteiger partial charge is 0.249 e. The number of aryl methyl sites for hydroxylation is 1. The maximum Gasteiger partial charge on any atom is 0.249 e. The molecule has 0 bridgehead atoms. The quantitative estimate of drug-likeness (QED) is 0.743. The fourth-order valence-electron chi connectivity index (χ4n) is 2.22. The van der Waals surface area contributed by atoms with Crippen molar-refractivity contribution >= 4 is 17.2 Å². The van der Waals surface area contributed by atoms with Gasteiger partial charge in [0.2, 0.25) is 5.92 Å². The third kappa shape index (κ3) is 1.68. The van der Waals surface area contributed by atoms with Gasteiger partial charge in [-0.1, -0.05) is 11.6 Å². The lowest BCUT2D eigenvalue weighted by Gasteiger charge is -2.32. The van der Waals surface area contributed by atoms with Gasteiger partial charge in [-0.05, 0) is 31.0 Å². The molecule has 1 saturated carbocycles. The second kappa shape index (κ2) is 3.63. The van der Waals surface area contributed by atoms with Gasteiger partial charge >= 0.3 is 0 Å². The molecule has 2 aromatic heterocycles. The van der Waals surface area contributed by atoms with E-state index in [0.29, 0.717) is 16.6 Å². The van der Waals surface area contributed by atoms with Gasteiger partial charge in [0.15, 0.2) is 11.5 Å². The topological polar surface area (TPSA) is 30.2 Å². The minimum Gasteiger partial charge on any atom is -0.212 e. The van der Waals surface area contributed by atoms with E-state index in [-0.39, 0.29) is 18.8 Å². The molecule has 0 atom stereocenters. The van der Waals surface area contributed by atoms with Crippen LogP contribution in [0, 0.1) is 13.8 Å². The Balaban J connectivity index is 2.05. The lowest BCUT2D eigenvalue weighted by Crippen LogP contribution is -2.34. The molecule has 2 heterocycles. The fourth-order valence-corrected chi connectivity index (χ4v) is 2.49. The van der Waals surface area contributed by atoms with E-state index in [1.165, 1.54) is 4.52 Å². The van der Waals surface area contributed by atoms with Crippen LogP contribution >= 0.6 is 11.6 Å². The van der Waals surface area contributed by atoms with Gasteiger partial charge in [-0.25, -0.2) is 18.3 Å². The number of aromatic nitrogens is 3. The number of halogens is 3. The predicted octanol–water partition coefficient (Wildman–Crippen LogP) is 3.51. The summed E-state index contributed by atoms with van der Waals surface area (Å²) in [4.78, 5) is 4.30. The van der Waals surface area contributed by atoms with Crippen molar-refractivity contribution in [1.82, 2.24) is 14.6 Å². The van der Waals surface area contributed by atoms with Crippen LogP contribution < -0.4 is 0 Å². The van der Waals surface area contributed by atoms with Gasteiger partial charge in [0.05, 0.1) is 0 Å². The second-order valence-corrected chi connectivity index (χ2v) is 5.30. The summed E-state index contributed by atoms with van der Waals surface area (Å²) < 4.78 is 27.2. The molecule has 0 aromatic carbocycles. The Morgan fingerprint density at radius 3 is 2.67 bits per heavy atom. The first kappa shape index (κ1) is 11.8. The van der Waals surface area contributed by atoms with Gasteiger partial charge in [0, 0.05) is 18.8 Å². The number of rotatable bonds is 1. The van der Waals surface area contributed by atoms with E-state index in [0.717, 1.165) is 11.1 Å². The van der Waals surface area contributed by atoms with E-state index in [2.05, 4.69) is 10.1 Å². The van der Waals surface area contributed by atoms with Crippen molar-refractivity contribution in [3.05, 3.63) is 28.2 Å². The van der Waals surface area contributed by atoms with Gasteiger partial charge in [0.1, 0.15) is 5.15 Å². The van der Waals surface area contributed by atoms with E-state index in [1.54, 1.807) is 0 Å². The molecule has 0 N–H and O–H groups in total. The van der Waals surface area contributed by atoms with E-state index >= 15 is 0 Å². The normalized spacial score (nSPS) is 19.2. The fraction of sp³-hybridized carbons (Fsp3) is 0.500. The SMILES string of the molecule is Cc1cc2nc(C3CC(F)(F)C3)nn2c(Cl)c1C. The summed E-state index contributed by atoms with van der Waals surface area (Å²) in [7, 11) is 0.